The van der Waals surface area contributed by atoms with Crippen LogP contribution in [0.2, 0.25) is 10.0 Å². The fourth-order valence-electron chi connectivity index (χ4n) is 1.99. The number of halogens is 2. The summed E-state index contributed by atoms with van der Waals surface area (Å²) in [5.74, 6) is 0.483. The lowest BCUT2D eigenvalue weighted by atomic mass is 10.1. The van der Waals surface area contributed by atoms with Gasteiger partial charge in [-0.05, 0) is 30.3 Å². The van der Waals surface area contributed by atoms with Gasteiger partial charge in [-0.1, -0.05) is 23.2 Å². The lowest BCUT2D eigenvalue weighted by molar-refractivity contribution is 0.102. The van der Waals surface area contributed by atoms with Crippen LogP contribution in [0.5, 0.6) is 11.5 Å². The molecule has 0 bridgehead atoms. The van der Waals surface area contributed by atoms with Crippen LogP contribution in [0.1, 0.15) is 15.9 Å². The normalized spacial score (nSPS) is 11.9. The molecule has 0 spiro atoms. The van der Waals surface area contributed by atoms with Gasteiger partial charge in [0.15, 0.2) is 11.5 Å². The predicted molar refractivity (Wildman–Crippen MR) is 81.7 cm³/mol. The van der Waals surface area contributed by atoms with Crippen molar-refractivity contribution in [2.45, 2.75) is 0 Å². The van der Waals surface area contributed by atoms with Crippen molar-refractivity contribution in [3.63, 3.8) is 0 Å². The average Bonchev–Trinajstić information content (AvgIpc) is 2.96. The number of nitriles is 1. The third-order valence-corrected chi connectivity index (χ3v) is 3.63. The van der Waals surface area contributed by atoms with E-state index in [1.54, 1.807) is 12.1 Å². The maximum Gasteiger partial charge on any atom is 0.255 e. The van der Waals surface area contributed by atoms with Crippen LogP contribution in [-0.2, 0) is 0 Å². The molecule has 1 aliphatic rings. The van der Waals surface area contributed by atoms with Gasteiger partial charge in [0.1, 0.15) is 6.07 Å². The van der Waals surface area contributed by atoms with Gasteiger partial charge in [0.05, 0.1) is 15.6 Å². The molecular weight excluding hydrogens is 327 g/mol. The van der Waals surface area contributed by atoms with Crippen LogP contribution in [0.3, 0.4) is 0 Å². The molecule has 1 heterocycles. The second-order valence-electron chi connectivity index (χ2n) is 4.45. The molecule has 5 nitrogen and oxygen atoms in total. The highest BCUT2D eigenvalue weighted by molar-refractivity contribution is 6.33. The number of fused-ring (bicyclic) bond motifs is 1. The number of hydrogen-bond donors (Lipinski definition) is 1. The Bertz CT molecular complexity index is 815. The fourth-order valence-corrected chi connectivity index (χ4v) is 2.47. The second kappa shape index (κ2) is 5.76. The quantitative estimate of drug-likeness (QED) is 0.905. The van der Waals surface area contributed by atoms with Crippen molar-refractivity contribution < 1.29 is 14.3 Å². The number of benzene rings is 2. The first-order valence-electron chi connectivity index (χ1n) is 6.18. The molecule has 0 fully saturated rings. The Balaban J connectivity index is 1.85. The number of amides is 1. The number of nitrogens with zero attached hydrogens (tertiary/aromatic N) is 1. The Kier molecular flexibility index (Phi) is 3.80. The van der Waals surface area contributed by atoms with E-state index in [-0.39, 0.29) is 17.7 Å². The molecule has 22 heavy (non-hydrogen) atoms. The lowest BCUT2D eigenvalue weighted by Crippen LogP contribution is -2.12. The minimum atomic E-state index is -0.374. The minimum absolute atomic E-state index is 0.0748. The molecule has 2 aromatic carbocycles. The van der Waals surface area contributed by atoms with E-state index in [4.69, 9.17) is 37.9 Å². The zero-order valence-corrected chi connectivity index (χ0v) is 12.5. The SMILES string of the molecule is N#Cc1ccc(NC(=O)c2cc(Cl)c3c(c2)OCO3)cc1Cl. The monoisotopic (exact) mass is 334 g/mol. The summed E-state index contributed by atoms with van der Waals surface area (Å²) < 4.78 is 10.4. The number of carbonyl (C=O) groups excluding carboxylic acids is 1. The van der Waals surface area contributed by atoms with Crippen LogP contribution in [-0.4, -0.2) is 12.7 Å². The summed E-state index contributed by atoms with van der Waals surface area (Å²) in [4.78, 5) is 12.3. The maximum absolute atomic E-state index is 12.3. The Labute approximate surface area is 136 Å². The summed E-state index contributed by atoms with van der Waals surface area (Å²) in [5.41, 5.74) is 1.14. The Hall–Kier alpha value is -2.42. The molecule has 1 amide bonds. The van der Waals surface area contributed by atoms with Crippen LogP contribution < -0.4 is 14.8 Å². The molecule has 0 atom stereocenters. The Morgan fingerprint density at radius 1 is 1.18 bits per heavy atom. The first-order valence-corrected chi connectivity index (χ1v) is 6.94. The first-order chi connectivity index (χ1) is 10.6. The molecule has 0 unspecified atom stereocenters. The van der Waals surface area contributed by atoms with Crippen LogP contribution in [0.4, 0.5) is 5.69 Å². The minimum Gasteiger partial charge on any atom is -0.454 e. The van der Waals surface area contributed by atoms with E-state index in [9.17, 15) is 4.79 Å². The van der Waals surface area contributed by atoms with Crippen LogP contribution in [0, 0.1) is 11.3 Å². The average molecular weight is 335 g/mol. The van der Waals surface area contributed by atoms with Gasteiger partial charge in [-0.15, -0.1) is 0 Å². The van der Waals surface area contributed by atoms with Gasteiger partial charge in [-0.3, -0.25) is 4.79 Å². The molecule has 0 aromatic heterocycles. The van der Waals surface area contributed by atoms with Crippen LogP contribution >= 0.6 is 23.2 Å². The van der Waals surface area contributed by atoms with E-state index >= 15 is 0 Å². The first kappa shape index (κ1) is 14.5. The number of ether oxygens (including phenoxy) is 2. The Morgan fingerprint density at radius 3 is 2.73 bits per heavy atom. The van der Waals surface area contributed by atoms with Gasteiger partial charge in [0, 0.05) is 11.3 Å². The van der Waals surface area contributed by atoms with Crippen molar-refractivity contribution in [2.75, 3.05) is 12.1 Å². The van der Waals surface area contributed by atoms with E-state index in [1.165, 1.54) is 18.2 Å². The number of carbonyl (C=O) groups is 1. The maximum atomic E-state index is 12.3. The number of rotatable bonds is 2. The van der Waals surface area contributed by atoms with Gasteiger partial charge in [0.25, 0.3) is 5.91 Å². The highest BCUT2D eigenvalue weighted by atomic mass is 35.5. The third-order valence-electron chi connectivity index (χ3n) is 3.04. The summed E-state index contributed by atoms with van der Waals surface area (Å²) in [6, 6.07) is 9.63. The van der Waals surface area contributed by atoms with Crippen molar-refractivity contribution in [3.8, 4) is 17.6 Å². The lowest BCUT2D eigenvalue weighted by Gasteiger charge is -2.08. The van der Waals surface area contributed by atoms with Crippen molar-refractivity contribution in [3.05, 3.63) is 51.5 Å². The van der Waals surface area contributed by atoms with E-state index in [0.29, 0.717) is 33.3 Å². The fraction of sp³-hybridized carbons (Fsp3) is 0.0667. The van der Waals surface area contributed by atoms with Gasteiger partial charge < -0.3 is 14.8 Å². The number of nitrogens with one attached hydrogen (secondary N) is 1. The number of hydrogen-bond acceptors (Lipinski definition) is 4. The molecule has 1 aliphatic heterocycles. The molecule has 0 aliphatic carbocycles. The van der Waals surface area contributed by atoms with Crippen molar-refractivity contribution in [1.29, 1.82) is 5.26 Å². The van der Waals surface area contributed by atoms with E-state index < -0.39 is 0 Å². The molecule has 0 radical (unpaired) electrons. The summed E-state index contributed by atoms with van der Waals surface area (Å²) >= 11 is 12.0. The summed E-state index contributed by atoms with van der Waals surface area (Å²) in [5, 5.41) is 12.1. The van der Waals surface area contributed by atoms with Gasteiger partial charge >= 0.3 is 0 Å². The molecule has 1 N–H and O–H groups in total. The largest absolute Gasteiger partial charge is 0.454 e. The van der Waals surface area contributed by atoms with Crippen LogP contribution in [0.15, 0.2) is 30.3 Å². The third kappa shape index (κ3) is 2.67. The molecule has 2 aromatic rings. The predicted octanol–water partition coefficient (Wildman–Crippen LogP) is 3.85. The van der Waals surface area contributed by atoms with Gasteiger partial charge in [-0.2, -0.15) is 5.26 Å². The Morgan fingerprint density at radius 2 is 2.00 bits per heavy atom. The van der Waals surface area contributed by atoms with E-state index in [2.05, 4.69) is 5.32 Å². The van der Waals surface area contributed by atoms with Crippen molar-refractivity contribution >= 4 is 34.8 Å². The molecule has 0 saturated carbocycles. The molecule has 110 valence electrons. The second-order valence-corrected chi connectivity index (χ2v) is 5.27. The zero-order chi connectivity index (χ0) is 15.7. The highest BCUT2D eigenvalue weighted by Gasteiger charge is 2.20. The highest BCUT2D eigenvalue weighted by Crippen LogP contribution is 2.39. The molecular formula is C15H8Cl2N2O3. The topological polar surface area (TPSA) is 71.4 Å². The summed E-state index contributed by atoms with van der Waals surface area (Å²) in [6.07, 6.45) is 0. The van der Waals surface area contributed by atoms with Crippen LogP contribution in [0.25, 0.3) is 0 Å². The summed E-state index contributed by atoms with van der Waals surface area (Å²) in [7, 11) is 0. The molecule has 0 saturated heterocycles. The van der Waals surface area contributed by atoms with E-state index in [1.807, 2.05) is 6.07 Å². The van der Waals surface area contributed by atoms with E-state index in [0.717, 1.165) is 0 Å². The van der Waals surface area contributed by atoms with Gasteiger partial charge in [0.2, 0.25) is 6.79 Å². The standard InChI is InChI=1S/C15H8Cl2N2O3/c16-11-5-10(2-1-8(11)6-18)19-15(20)9-3-12(17)14-13(4-9)21-7-22-14/h1-5H,7H2,(H,19,20). The summed E-state index contributed by atoms with van der Waals surface area (Å²) in [6.45, 7) is 0.0748. The zero-order valence-electron chi connectivity index (χ0n) is 11.0. The van der Waals surface area contributed by atoms with Crippen molar-refractivity contribution in [1.82, 2.24) is 0 Å². The van der Waals surface area contributed by atoms with Crippen molar-refractivity contribution in [2.24, 2.45) is 0 Å². The molecule has 3 rings (SSSR count). The smallest absolute Gasteiger partial charge is 0.255 e. The molecule has 7 heteroatoms. The number of anilines is 1. The van der Waals surface area contributed by atoms with Gasteiger partial charge in [-0.25, -0.2) is 0 Å².